The molecule has 0 saturated carbocycles. The lowest BCUT2D eigenvalue weighted by molar-refractivity contribution is 0.0601. The summed E-state index contributed by atoms with van der Waals surface area (Å²) in [5.41, 5.74) is 2.37. The SMILES string of the molecule is COC(=O)c1cc2c(cc1Cl)CN=C2. The summed E-state index contributed by atoms with van der Waals surface area (Å²) >= 11 is 5.93. The van der Waals surface area contributed by atoms with Crippen LogP contribution in [0.4, 0.5) is 0 Å². The van der Waals surface area contributed by atoms with Crippen LogP contribution in [0.1, 0.15) is 21.5 Å². The summed E-state index contributed by atoms with van der Waals surface area (Å²) in [5.74, 6) is -0.418. The molecule has 2 rings (SSSR count). The van der Waals surface area contributed by atoms with Crippen LogP contribution in [0.5, 0.6) is 0 Å². The number of nitrogens with zero attached hydrogens (tertiary/aromatic N) is 1. The quantitative estimate of drug-likeness (QED) is 0.664. The fourth-order valence-electron chi connectivity index (χ4n) is 1.40. The molecule has 0 amide bonds. The van der Waals surface area contributed by atoms with Crippen molar-refractivity contribution in [1.29, 1.82) is 0 Å². The molecule has 0 aromatic heterocycles. The smallest absolute Gasteiger partial charge is 0.339 e. The Balaban J connectivity index is 2.51. The molecule has 1 aromatic carbocycles. The monoisotopic (exact) mass is 209 g/mol. The van der Waals surface area contributed by atoms with Gasteiger partial charge in [0.2, 0.25) is 0 Å². The van der Waals surface area contributed by atoms with Crippen molar-refractivity contribution in [3.05, 3.63) is 33.8 Å². The van der Waals surface area contributed by atoms with Crippen LogP contribution in [0.2, 0.25) is 5.02 Å². The van der Waals surface area contributed by atoms with Gasteiger partial charge in [0.25, 0.3) is 0 Å². The Bertz CT molecular complexity index is 426. The number of carbonyl (C=O) groups is 1. The van der Waals surface area contributed by atoms with Gasteiger partial charge in [-0.3, -0.25) is 4.99 Å². The molecule has 0 spiro atoms. The van der Waals surface area contributed by atoms with Gasteiger partial charge in [-0.05, 0) is 23.3 Å². The molecular formula is C10H8ClNO2. The number of halogens is 1. The molecule has 0 fully saturated rings. The van der Waals surface area contributed by atoms with Crippen molar-refractivity contribution in [3.63, 3.8) is 0 Å². The highest BCUT2D eigenvalue weighted by atomic mass is 35.5. The highest BCUT2D eigenvalue weighted by Gasteiger charge is 2.15. The van der Waals surface area contributed by atoms with Crippen molar-refractivity contribution in [1.82, 2.24) is 0 Å². The fraction of sp³-hybridized carbons (Fsp3) is 0.200. The lowest BCUT2D eigenvalue weighted by Crippen LogP contribution is -2.03. The lowest BCUT2D eigenvalue weighted by Gasteiger charge is -2.04. The molecule has 14 heavy (non-hydrogen) atoms. The maximum absolute atomic E-state index is 11.3. The zero-order valence-electron chi connectivity index (χ0n) is 7.58. The first-order chi connectivity index (χ1) is 6.72. The second-order valence-electron chi connectivity index (χ2n) is 2.99. The molecule has 0 unspecified atom stereocenters. The standard InChI is InChI=1S/C10H8ClNO2/c1-14-10(13)8-2-6-4-12-5-7(6)3-9(8)11/h2-4H,5H2,1H3. The van der Waals surface area contributed by atoms with Gasteiger partial charge in [-0.15, -0.1) is 0 Å². The van der Waals surface area contributed by atoms with Crippen molar-refractivity contribution in [2.24, 2.45) is 4.99 Å². The van der Waals surface area contributed by atoms with Crippen molar-refractivity contribution in [2.75, 3.05) is 7.11 Å². The fourth-order valence-corrected chi connectivity index (χ4v) is 1.66. The van der Waals surface area contributed by atoms with Crippen molar-refractivity contribution >= 4 is 23.8 Å². The largest absolute Gasteiger partial charge is 0.465 e. The zero-order valence-corrected chi connectivity index (χ0v) is 8.34. The maximum Gasteiger partial charge on any atom is 0.339 e. The molecule has 0 atom stereocenters. The summed E-state index contributed by atoms with van der Waals surface area (Å²) in [7, 11) is 1.33. The molecule has 0 aliphatic carbocycles. The third-order valence-electron chi connectivity index (χ3n) is 2.13. The van der Waals surface area contributed by atoms with E-state index < -0.39 is 5.97 Å². The molecule has 3 nitrogen and oxygen atoms in total. The van der Waals surface area contributed by atoms with Crippen molar-refractivity contribution in [2.45, 2.75) is 6.54 Å². The summed E-state index contributed by atoms with van der Waals surface area (Å²) in [5, 5.41) is 0.418. The van der Waals surface area contributed by atoms with Gasteiger partial charge in [0, 0.05) is 6.21 Å². The number of ether oxygens (including phenoxy) is 1. The second-order valence-corrected chi connectivity index (χ2v) is 3.40. The lowest BCUT2D eigenvalue weighted by atomic mass is 10.1. The summed E-state index contributed by atoms with van der Waals surface area (Å²) in [6.07, 6.45) is 1.73. The normalized spacial score (nSPS) is 12.7. The summed E-state index contributed by atoms with van der Waals surface area (Å²) in [6, 6.07) is 3.47. The molecule has 4 heteroatoms. The van der Waals surface area contributed by atoms with E-state index in [1.54, 1.807) is 18.3 Å². The molecule has 0 N–H and O–H groups in total. The van der Waals surface area contributed by atoms with Crippen LogP contribution in [0.15, 0.2) is 17.1 Å². The number of carbonyl (C=O) groups excluding carboxylic acids is 1. The number of benzene rings is 1. The number of rotatable bonds is 1. The number of hydrogen-bond donors (Lipinski definition) is 0. The van der Waals surface area contributed by atoms with E-state index in [1.165, 1.54) is 7.11 Å². The number of methoxy groups -OCH3 is 1. The van der Waals surface area contributed by atoms with E-state index in [4.69, 9.17) is 11.6 Å². The summed E-state index contributed by atoms with van der Waals surface area (Å²) in [6.45, 7) is 0.635. The molecule has 0 radical (unpaired) electrons. The van der Waals surface area contributed by atoms with Crippen molar-refractivity contribution in [3.8, 4) is 0 Å². The van der Waals surface area contributed by atoms with Gasteiger partial charge in [-0.1, -0.05) is 11.6 Å². The number of fused-ring (bicyclic) bond motifs is 1. The zero-order chi connectivity index (χ0) is 10.1. The molecule has 72 valence electrons. The van der Waals surface area contributed by atoms with E-state index in [2.05, 4.69) is 9.73 Å². The van der Waals surface area contributed by atoms with Crippen LogP contribution in [0.25, 0.3) is 0 Å². The van der Waals surface area contributed by atoms with Crippen LogP contribution in [-0.2, 0) is 11.3 Å². The van der Waals surface area contributed by atoms with Crippen LogP contribution in [0.3, 0.4) is 0 Å². The Hall–Kier alpha value is -1.35. The van der Waals surface area contributed by atoms with Gasteiger partial charge < -0.3 is 4.74 Å². The predicted octanol–water partition coefficient (Wildman–Crippen LogP) is 2.06. The van der Waals surface area contributed by atoms with Crippen LogP contribution in [0, 0.1) is 0 Å². The summed E-state index contributed by atoms with van der Waals surface area (Å²) in [4.78, 5) is 15.4. The molecule has 1 aliphatic heterocycles. The topological polar surface area (TPSA) is 38.7 Å². The third kappa shape index (κ3) is 1.40. The molecule has 1 aromatic rings. The second kappa shape index (κ2) is 3.42. The molecular weight excluding hydrogens is 202 g/mol. The Labute approximate surface area is 86.4 Å². The van der Waals surface area contributed by atoms with E-state index in [-0.39, 0.29) is 0 Å². The van der Waals surface area contributed by atoms with Gasteiger partial charge in [0.05, 0.1) is 24.2 Å². The minimum atomic E-state index is -0.418. The van der Waals surface area contributed by atoms with Crippen molar-refractivity contribution < 1.29 is 9.53 Å². The Morgan fingerprint density at radius 3 is 3.07 bits per heavy atom. The van der Waals surface area contributed by atoms with Gasteiger partial charge in [0.1, 0.15) is 0 Å². The van der Waals surface area contributed by atoms with E-state index >= 15 is 0 Å². The maximum atomic E-state index is 11.3. The minimum absolute atomic E-state index is 0.390. The molecule has 1 aliphatic rings. The molecule has 0 bridgehead atoms. The van der Waals surface area contributed by atoms with E-state index in [9.17, 15) is 4.79 Å². The first kappa shape index (κ1) is 9.21. The highest BCUT2D eigenvalue weighted by molar-refractivity contribution is 6.33. The Kier molecular flexibility index (Phi) is 2.25. The van der Waals surface area contributed by atoms with Gasteiger partial charge >= 0.3 is 5.97 Å². The van der Waals surface area contributed by atoms with Gasteiger partial charge in [-0.2, -0.15) is 0 Å². The first-order valence-electron chi connectivity index (χ1n) is 4.13. The van der Waals surface area contributed by atoms with Gasteiger partial charge in [-0.25, -0.2) is 4.79 Å². The minimum Gasteiger partial charge on any atom is -0.465 e. The van der Waals surface area contributed by atoms with Crippen LogP contribution >= 0.6 is 11.6 Å². The van der Waals surface area contributed by atoms with Crippen LogP contribution < -0.4 is 0 Å². The molecule has 1 heterocycles. The number of esters is 1. The van der Waals surface area contributed by atoms with E-state index in [0.29, 0.717) is 17.1 Å². The van der Waals surface area contributed by atoms with E-state index in [1.807, 2.05) is 0 Å². The van der Waals surface area contributed by atoms with Gasteiger partial charge in [0.15, 0.2) is 0 Å². The first-order valence-corrected chi connectivity index (χ1v) is 4.50. The average molecular weight is 210 g/mol. The third-order valence-corrected chi connectivity index (χ3v) is 2.44. The van der Waals surface area contributed by atoms with Crippen LogP contribution in [-0.4, -0.2) is 19.3 Å². The number of hydrogen-bond acceptors (Lipinski definition) is 3. The predicted molar refractivity (Wildman–Crippen MR) is 54.1 cm³/mol. The molecule has 0 saturated heterocycles. The summed E-state index contributed by atoms with van der Waals surface area (Å²) < 4.78 is 4.61. The highest BCUT2D eigenvalue weighted by Crippen LogP contribution is 2.24. The number of aliphatic imine (C=N–C) groups is 1. The average Bonchev–Trinajstić information content (AvgIpc) is 2.62. The Morgan fingerprint density at radius 2 is 2.36 bits per heavy atom. The Morgan fingerprint density at radius 1 is 1.57 bits per heavy atom. The van der Waals surface area contributed by atoms with E-state index in [0.717, 1.165) is 11.1 Å².